The van der Waals surface area contributed by atoms with Gasteiger partial charge < -0.3 is 0 Å². The van der Waals surface area contributed by atoms with Gasteiger partial charge in [0, 0.05) is 17.1 Å². The minimum Gasteiger partial charge on any atom is -0.274 e. The molecule has 0 saturated carbocycles. The van der Waals surface area contributed by atoms with Crippen LogP contribution in [0.3, 0.4) is 0 Å². The Morgan fingerprint density at radius 1 is 1.24 bits per heavy atom. The molecule has 2 heterocycles. The molecule has 5 heteroatoms. The molecule has 2 aromatic rings. The Kier molecular flexibility index (Phi) is 3.59. The van der Waals surface area contributed by atoms with E-state index in [1.165, 1.54) is 4.90 Å². The Morgan fingerprint density at radius 2 is 2.05 bits per heavy atom. The van der Waals surface area contributed by atoms with Gasteiger partial charge in [-0.15, -0.1) is 0 Å². The van der Waals surface area contributed by atoms with E-state index in [2.05, 4.69) is 20.9 Å². The maximum absolute atomic E-state index is 12.6. The van der Waals surface area contributed by atoms with Crippen LogP contribution in [0.15, 0.2) is 47.1 Å². The molecule has 3 rings (SSSR count). The first-order chi connectivity index (χ1) is 10.1. The number of aryl methyl sites for hydroxylation is 1. The van der Waals surface area contributed by atoms with Crippen LogP contribution in [0.2, 0.25) is 0 Å². The smallest absolute Gasteiger partial charge is 0.243 e. The highest BCUT2D eigenvalue weighted by Crippen LogP contribution is 2.34. The number of rotatable bonds is 2. The molecule has 106 valence electrons. The van der Waals surface area contributed by atoms with Crippen molar-refractivity contribution in [1.82, 2.24) is 4.98 Å². The van der Waals surface area contributed by atoms with Crippen LogP contribution in [0.4, 0.5) is 5.82 Å². The van der Waals surface area contributed by atoms with Crippen LogP contribution < -0.4 is 4.90 Å². The molecular formula is C16H13BrN2O2. The number of aromatic nitrogens is 1. The minimum atomic E-state index is -0.434. The number of halogens is 1. The normalized spacial score (nSPS) is 18.4. The van der Waals surface area contributed by atoms with Crippen molar-refractivity contribution in [2.45, 2.75) is 19.3 Å². The number of anilines is 1. The number of hydrogen-bond donors (Lipinski definition) is 0. The first-order valence-corrected chi connectivity index (χ1v) is 7.41. The van der Waals surface area contributed by atoms with Crippen molar-refractivity contribution in [3.8, 4) is 0 Å². The van der Waals surface area contributed by atoms with Crippen molar-refractivity contribution in [1.29, 1.82) is 0 Å². The van der Waals surface area contributed by atoms with Gasteiger partial charge in [0.2, 0.25) is 11.8 Å². The van der Waals surface area contributed by atoms with E-state index < -0.39 is 5.92 Å². The predicted octanol–water partition coefficient (Wildman–Crippen LogP) is 3.20. The lowest BCUT2D eigenvalue weighted by Crippen LogP contribution is -2.31. The first-order valence-electron chi connectivity index (χ1n) is 6.62. The fraction of sp³-hybridized carbons (Fsp3) is 0.188. The van der Waals surface area contributed by atoms with Crippen LogP contribution in [-0.2, 0) is 9.59 Å². The third-order valence-electron chi connectivity index (χ3n) is 3.59. The van der Waals surface area contributed by atoms with Gasteiger partial charge in [-0.3, -0.25) is 9.59 Å². The molecule has 4 nitrogen and oxygen atoms in total. The lowest BCUT2D eigenvalue weighted by Gasteiger charge is -2.16. The second-order valence-electron chi connectivity index (χ2n) is 5.02. The van der Waals surface area contributed by atoms with Gasteiger partial charge in [-0.05, 0) is 36.2 Å². The summed E-state index contributed by atoms with van der Waals surface area (Å²) in [6.45, 7) is 1.84. The Bertz CT molecular complexity index is 730. The van der Waals surface area contributed by atoms with E-state index in [4.69, 9.17) is 0 Å². The van der Waals surface area contributed by atoms with Gasteiger partial charge in [0.05, 0.1) is 5.92 Å². The van der Waals surface area contributed by atoms with E-state index in [0.717, 1.165) is 15.6 Å². The molecular weight excluding hydrogens is 332 g/mol. The van der Waals surface area contributed by atoms with Crippen molar-refractivity contribution >= 4 is 33.6 Å². The van der Waals surface area contributed by atoms with Gasteiger partial charge in [-0.1, -0.05) is 34.1 Å². The largest absolute Gasteiger partial charge is 0.274 e. The van der Waals surface area contributed by atoms with Gasteiger partial charge in [-0.25, -0.2) is 9.88 Å². The number of imide groups is 1. The summed E-state index contributed by atoms with van der Waals surface area (Å²) >= 11 is 3.39. The van der Waals surface area contributed by atoms with E-state index in [1.807, 2.05) is 37.3 Å². The van der Waals surface area contributed by atoms with Crippen LogP contribution >= 0.6 is 15.9 Å². The highest BCUT2D eigenvalue weighted by atomic mass is 79.9. The summed E-state index contributed by atoms with van der Waals surface area (Å²) in [7, 11) is 0. The second-order valence-corrected chi connectivity index (χ2v) is 5.94. The maximum atomic E-state index is 12.6. The zero-order chi connectivity index (χ0) is 15.0. The number of carbonyl (C=O) groups is 2. The molecule has 21 heavy (non-hydrogen) atoms. The SMILES string of the molecule is Cc1cccnc1N1C(=O)CC(c2cccc(Br)c2)C1=O. The molecule has 1 aromatic carbocycles. The number of pyridine rings is 1. The number of benzene rings is 1. The topological polar surface area (TPSA) is 50.3 Å². The van der Waals surface area contributed by atoms with Crippen LogP contribution in [0.25, 0.3) is 0 Å². The van der Waals surface area contributed by atoms with Crippen molar-refractivity contribution in [3.05, 3.63) is 58.2 Å². The predicted molar refractivity (Wildman–Crippen MR) is 83.0 cm³/mol. The fourth-order valence-electron chi connectivity index (χ4n) is 2.55. The van der Waals surface area contributed by atoms with Gasteiger partial charge >= 0.3 is 0 Å². The molecule has 0 radical (unpaired) electrons. The molecule has 1 saturated heterocycles. The second kappa shape index (κ2) is 5.41. The van der Waals surface area contributed by atoms with Crippen LogP contribution in [0, 0.1) is 6.92 Å². The van der Waals surface area contributed by atoms with Crippen molar-refractivity contribution in [2.24, 2.45) is 0 Å². The molecule has 1 aromatic heterocycles. The molecule has 1 aliphatic rings. The summed E-state index contributed by atoms with van der Waals surface area (Å²) in [6.07, 6.45) is 1.78. The zero-order valence-corrected chi connectivity index (χ0v) is 13.0. The Labute approximate surface area is 130 Å². The Morgan fingerprint density at radius 3 is 2.76 bits per heavy atom. The van der Waals surface area contributed by atoms with Gasteiger partial charge in [0.15, 0.2) is 0 Å². The lowest BCUT2D eigenvalue weighted by molar-refractivity contribution is -0.121. The van der Waals surface area contributed by atoms with E-state index >= 15 is 0 Å². The summed E-state index contributed by atoms with van der Waals surface area (Å²) in [5.74, 6) is -0.409. The highest BCUT2D eigenvalue weighted by molar-refractivity contribution is 9.10. The Hall–Kier alpha value is -2.01. The molecule has 0 spiro atoms. The van der Waals surface area contributed by atoms with Crippen LogP contribution in [0.1, 0.15) is 23.5 Å². The summed E-state index contributed by atoms with van der Waals surface area (Å²) < 4.78 is 0.896. The monoisotopic (exact) mass is 344 g/mol. The molecule has 1 aliphatic heterocycles. The van der Waals surface area contributed by atoms with E-state index in [9.17, 15) is 9.59 Å². The maximum Gasteiger partial charge on any atom is 0.243 e. The van der Waals surface area contributed by atoms with E-state index in [1.54, 1.807) is 12.3 Å². The van der Waals surface area contributed by atoms with Crippen molar-refractivity contribution in [2.75, 3.05) is 4.90 Å². The molecule has 0 aliphatic carbocycles. The summed E-state index contributed by atoms with van der Waals surface area (Å²) in [5.41, 5.74) is 1.66. The molecule has 0 bridgehead atoms. The summed E-state index contributed by atoms with van der Waals surface area (Å²) in [4.78, 5) is 30.3. The fourth-order valence-corrected chi connectivity index (χ4v) is 2.97. The lowest BCUT2D eigenvalue weighted by atomic mass is 9.98. The zero-order valence-electron chi connectivity index (χ0n) is 11.4. The molecule has 1 unspecified atom stereocenters. The average Bonchev–Trinajstić information content (AvgIpc) is 2.75. The number of amides is 2. The minimum absolute atomic E-state index is 0.186. The Balaban J connectivity index is 1.98. The molecule has 2 amide bonds. The summed E-state index contributed by atoms with van der Waals surface area (Å²) in [6, 6.07) is 11.1. The summed E-state index contributed by atoms with van der Waals surface area (Å²) in [5, 5.41) is 0. The van der Waals surface area contributed by atoms with Gasteiger partial charge in [0.25, 0.3) is 0 Å². The quantitative estimate of drug-likeness (QED) is 0.786. The molecule has 1 fully saturated rings. The highest BCUT2D eigenvalue weighted by Gasteiger charge is 2.41. The molecule has 1 atom stereocenters. The third kappa shape index (κ3) is 2.49. The average molecular weight is 345 g/mol. The molecule has 0 N–H and O–H groups in total. The first kappa shape index (κ1) is 13.9. The van der Waals surface area contributed by atoms with E-state index in [0.29, 0.717) is 5.82 Å². The number of carbonyl (C=O) groups excluding carboxylic acids is 2. The number of nitrogens with zero attached hydrogens (tertiary/aromatic N) is 2. The van der Waals surface area contributed by atoms with E-state index in [-0.39, 0.29) is 18.2 Å². The van der Waals surface area contributed by atoms with Crippen molar-refractivity contribution < 1.29 is 9.59 Å². The number of hydrogen-bond acceptors (Lipinski definition) is 3. The van der Waals surface area contributed by atoms with Crippen molar-refractivity contribution in [3.63, 3.8) is 0 Å². The van der Waals surface area contributed by atoms with Gasteiger partial charge in [0.1, 0.15) is 5.82 Å². The standard InChI is InChI=1S/C16H13BrN2O2/c1-10-4-3-7-18-15(10)19-14(20)9-13(16(19)21)11-5-2-6-12(17)8-11/h2-8,13H,9H2,1H3. The van der Waals surface area contributed by atoms with Crippen LogP contribution in [-0.4, -0.2) is 16.8 Å². The van der Waals surface area contributed by atoms with Gasteiger partial charge in [-0.2, -0.15) is 0 Å². The third-order valence-corrected chi connectivity index (χ3v) is 4.08. The van der Waals surface area contributed by atoms with Crippen LogP contribution in [0.5, 0.6) is 0 Å².